The van der Waals surface area contributed by atoms with Crippen molar-refractivity contribution in [2.45, 2.75) is 4.90 Å². The number of ether oxygens (including phenoxy) is 1. The molecule has 17 heavy (non-hydrogen) atoms. The van der Waals surface area contributed by atoms with Crippen LogP contribution in [0.5, 0.6) is 5.75 Å². The fourth-order valence-corrected chi connectivity index (χ4v) is 1.71. The molecule has 0 spiro atoms. The number of sulfonamides is 1. The standard InChI is InChI=1S/C8H7F2NO5S/c9-4-1-5(10)8(16-3-7(12)13)6(2-4)17(11,14)15/h1-2H,3H2,(H,12,13)(H2,11,14,15). The quantitative estimate of drug-likeness (QED) is 0.803. The van der Waals surface area contributed by atoms with Gasteiger partial charge in [0.2, 0.25) is 10.0 Å². The number of benzene rings is 1. The van der Waals surface area contributed by atoms with E-state index in [-0.39, 0.29) is 0 Å². The lowest BCUT2D eigenvalue weighted by atomic mass is 10.3. The van der Waals surface area contributed by atoms with Crippen LogP contribution in [0.1, 0.15) is 0 Å². The molecular weight excluding hydrogens is 260 g/mol. The van der Waals surface area contributed by atoms with Gasteiger partial charge in [-0.25, -0.2) is 27.1 Å². The molecule has 1 rings (SSSR count). The van der Waals surface area contributed by atoms with Gasteiger partial charge in [-0.05, 0) is 6.07 Å². The van der Waals surface area contributed by atoms with Crippen molar-refractivity contribution in [3.8, 4) is 5.75 Å². The van der Waals surface area contributed by atoms with E-state index in [2.05, 4.69) is 4.74 Å². The van der Waals surface area contributed by atoms with Crippen LogP contribution in [-0.4, -0.2) is 26.1 Å². The zero-order valence-corrected chi connectivity index (χ0v) is 9.00. The summed E-state index contributed by atoms with van der Waals surface area (Å²) in [7, 11) is -4.42. The average molecular weight is 267 g/mol. The minimum Gasteiger partial charge on any atom is -0.479 e. The number of nitrogens with two attached hydrogens (primary N) is 1. The Labute approximate surface area is 94.7 Å². The maximum absolute atomic E-state index is 13.2. The van der Waals surface area contributed by atoms with Crippen molar-refractivity contribution in [2.24, 2.45) is 5.14 Å². The zero-order valence-electron chi connectivity index (χ0n) is 8.18. The Hall–Kier alpha value is -1.74. The highest BCUT2D eigenvalue weighted by Crippen LogP contribution is 2.27. The number of carboxylic acids is 1. The highest BCUT2D eigenvalue weighted by Gasteiger charge is 2.21. The molecule has 0 saturated carbocycles. The summed E-state index contributed by atoms with van der Waals surface area (Å²) in [5, 5.41) is 13.0. The number of rotatable bonds is 4. The van der Waals surface area contributed by atoms with Crippen LogP contribution in [0.4, 0.5) is 8.78 Å². The van der Waals surface area contributed by atoms with Gasteiger partial charge in [-0.1, -0.05) is 0 Å². The predicted molar refractivity (Wildman–Crippen MR) is 50.9 cm³/mol. The van der Waals surface area contributed by atoms with Crippen LogP contribution in [-0.2, 0) is 14.8 Å². The summed E-state index contributed by atoms with van der Waals surface area (Å²) in [5.41, 5.74) is 0. The molecule has 0 fully saturated rings. The third-order valence-electron chi connectivity index (χ3n) is 1.62. The number of halogens is 2. The van der Waals surface area contributed by atoms with Gasteiger partial charge in [-0.15, -0.1) is 0 Å². The summed E-state index contributed by atoms with van der Waals surface area (Å²) in [6, 6.07) is 0.793. The third kappa shape index (κ3) is 3.36. The smallest absolute Gasteiger partial charge is 0.341 e. The normalized spacial score (nSPS) is 11.2. The van der Waals surface area contributed by atoms with Gasteiger partial charge >= 0.3 is 5.97 Å². The number of hydrogen-bond donors (Lipinski definition) is 2. The lowest BCUT2D eigenvalue weighted by Gasteiger charge is -2.09. The molecule has 0 saturated heterocycles. The summed E-state index contributed by atoms with van der Waals surface area (Å²) in [6.45, 7) is -0.981. The molecule has 1 aromatic carbocycles. The SMILES string of the molecule is NS(=O)(=O)c1cc(F)cc(F)c1OCC(=O)O. The average Bonchev–Trinajstić information content (AvgIpc) is 2.13. The molecule has 1 aromatic rings. The molecule has 94 valence electrons. The molecule has 0 aliphatic heterocycles. The van der Waals surface area contributed by atoms with Gasteiger partial charge in [0.05, 0.1) is 0 Å². The molecule has 0 bridgehead atoms. The number of carboxylic acid groups (broad SMARTS) is 1. The number of carbonyl (C=O) groups is 1. The van der Waals surface area contributed by atoms with Crippen LogP contribution in [0, 0.1) is 11.6 Å². The predicted octanol–water partition coefficient (Wildman–Crippen LogP) is 0.0756. The second-order valence-corrected chi connectivity index (χ2v) is 4.47. The van der Waals surface area contributed by atoms with Gasteiger partial charge in [0, 0.05) is 6.07 Å². The van der Waals surface area contributed by atoms with Gasteiger partial charge in [0.1, 0.15) is 10.7 Å². The van der Waals surface area contributed by atoms with Crippen LogP contribution in [0.15, 0.2) is 17.0 Å². The van der Waals surface area contributed by atoms with Crippen LogP contribution < -0.4 is 9.88 Å². The number of aliphatic carboxylic acids is 1. The van der Waals surface area contributed by atoms with Crippen molar-refractivity contribution in [3.63, 3.8) is 0 Å². The summed E-state index contributed by atoms with van der Waals surface area (Å²) in [4.78, 5) is 9.26. The van der Waals surface area contributed by atoms with Gasteiger partial charge in [0.25, 0.3) is 0 Å². The minimum absolute atomic E-state index is 0.353. The number of primary sulfonamides is 1. The second-order valence-electron chi connectivity index (χ2n) is 2.94. The Morgan fingerprint density at radius 3 is 2.47 bits per heavy atom. The second kappa shape index (κ2) is 4.63. The molecule has 0 atom stereocenters. The highest BCUT2D eigenvalue weighted by atomic mass is 32.2. The van der Waals surface area contributed by atoms with E-state index in [9.17, 15) is 22.0 Å². The van der Waals surface area contributed by atoms with Gasteiger partial charge in [0.15, 0.2) is 18.2 Å². The van der Waals surface area contributed by atoms with E-state index in [1.165, 1.54) is 0 Å². The summed E-state index contributed by atoms with van der Waals surface area (Å²) in [6.07, 6.45) is 0. The Morgan fingerprint density at radius 2 is 2.00 bits per heavy atom. The molecule has 0 radical (unpaired) electrons. The Bertz CT molecular complexity index is 557. The first-order valence-electron chi connectivity index (χ1n) is 4.08. The molecule has 0 unspecified atom stereocenters. The van der Waals surface area contributed by atoms with Crippen molar-refractivity contribution >= 4 is 16.0 Å². The van der Waals surface area contributed by atoms with Crippen molar-refractivity contribution in [2.75, 3.05) is 6.61 Å². The van der Waals surface area contributed by atoms with E-state index in [0.717, 1.165) is 0 Å². The first-order valence-corrected chi connectivity index (χ1v) is 5.63. The lowest BCUT2D eigenvalue weighted by molar-refractivity contribution is -0.139. The molecule has 0 aliphatic carbocycles. The molecule has 0 aliphatic rings. The monoisotopic (exact) mass is 267 g/mol. The summed E-state index contributed by atoms with van der Waals surface area (Å²) in [5.74, 6) is -4.89. The van der Waals surface area contributed by atoms with E-state index < -0.39 is 44.9 Å². The minimum atomic E-state index is -4.42. The van der Waals surface area contributed by atoms with Gasteiger partial charge in [-0.3, -0.25) is 0 Å². The number of hydrogen-bond acceptors (Lipinski definition) is 4. The largest absolute Gasteiger partial charge is 0.479 e. The van der Waals surface area contributed by atoms with Crippen molar-refractivity contribution in [1.29, 1.82) is 0 Å². The molecular formula is C8H7F2NO5S. The fraction of sp³-hybridized carbons (Fsp3) is 0.125. The van der Waals surface area contributed by atoms with Gasteiger partial charge < -0.3 is 9.84 Å². The Morgan fingerprint density at radius 1 is 1.41 bits per heavy atom. The van der Waals surface area contributed by atoms with Crippen LogP contribution in [0.2, 0.25) is 0 Å². The maximum Gasteiger partial charge on any atom is 0.341 e. The Balaban J connectivity index is 3.31. The third-order valence-corrected chi connectivity index (χ3v) is 2.54. The zero-order chi connectivity index (χ0) is 13.2. The van der Waals surface area contributed by atoms with Crippen molar-refractivity contribution in [1.82, 2.24) is 0 Å². The van der Waals surface area contributed by atoms with Crippen LogP contribution in [0.25, 0.3) is 0 Å². The molecule has 0 aromatic heterocycles. The molecule has 0 amide bonds. The topological polar surface area (TPSA) is 107 Å². The van der Waals surface area contributed by atoms with Crippen LogP contribution in [0.3, 0.4) is 0 Å². The maximum atomic E-state index is 13.2. The van der Waals surface area contributed by atoms with E-state index in [0.29, 0.717) is 12.1 Å². The summed E-state index contributed by atoms with van der Waals surface area (Å²) < 4.78 is 52.5. The highest BCUT2D eigenvalue weighted by molar-refractivity contribution is 7.89. The van der Waals surface area contributed by atoms with Crippen molar-refractivity contribution < 1.29 is 31.8 Å². The molecule has 0 heterocycles. The van der Waals surface area contributed by atoms with Crippen LogP contribution >= 0.6 is 0 Å². The molecule has 3 N–H and O–H groups in total. The fourth-order valence-electron chi connectivity index (χ4n) is 1.02. The molecule has 6 nitrogen and oxygen atoms in total. The first kappa shape index (κ1) is 13.3. The first-order chi connectivity index (χ1) is 7.71. The molecule has 9 heteroatoms. The Kier molecular flexibility index (Phi) is 3.63. The van der Waals surface area contributed by atoms with Gasteiger partial charge in [-0.2, -0.15) is 0 Å². The van der Waals surface area contributed by atoms with E-state index >= 15 is 0 Å². The van der Waals surface area contributed by atoms with E-state index in [1.54, 1.807) is 0 Å². The lowest BCUT2D eigenvalue weighted by Crippen LogP contribution is -2.17. The van der Waals surface area contributed by atoms with E-state index in [4.69, 9.17) is 10.2 Å². The van der Waals surface area contributed by atoms with Crippen molar-refractivity contribution in [3.05, 3.63) is 23.8 Å². The van der Waals surface area contributed by atoms with E-state index in [1.807, 2.05) is 0 Å². The summed E-state index contributed by atoms with van der Waals surface area (Å²) >= 11 is 0.